The maximum atomic E-state index is 12.1. The van der Waals surface area contributed by atoms with Gasteiger partial charge in [0.1, 0.15) is 5.76 Å². The Morgan fingerprint density at radius 3 is 2.60 bits per heavy atom. The summed E-state index contributed by atoms with van der Waals surface area (Å²) in [5.74, 6) is -0.690. The third-order valence-corrected chi connectivity index (χ3v) is 4.89. The lowest BCUT2D eigenvalue weighted by molar-refractivity contribution is -0.119. The number of nitrogens with zero attached hydrogens (tertiary/aromatic N) is 2. The molecule has 0 aliphatic carbocycles. The maximum Gasteiger partial charge on any atom is 0.338 e. The summed E-state index contributed by atoms with van der Waals surface area (Å²) in [6.07, 6.45) is 0. The molecule has 2 rings (SSSR count). The van der Waals surface area contributed by atoms with E-state index in [4.69, 9.17) is 9.26 Å². The van der Waals surface area contributed by atoms with Crippen molar-refractivity contribution in [3.63, 3.8) is 0 Å². The Kier molecular flexibility index (Phi) is 5.55. The molecule has 25 heavy (non-hydrogen) atoms. The second kappa shape index (κ2) is 7.45. The van der Waals surface area contributed by atoms with Crippen molar-refractivity contribution >= 4 is 27.7 Å². The number of rotatable bonds is 6. The van der Waals surface area contributed by atoms with Gasteiger partial charge in [-0.05, 0) is 25.1 Å². The highest BCUT2D eigenvalue weighted by atomic mass is 32.2. The van der Waals surface area contributed by atoms with Gasteiger partial charge in [-0.25, -0.2) is 17.5 Å². The van der Waals surface area contributed by atoms with E-state index in [1.807, 2.05) is 0 Å². The fraction of sp³-hybridized carbons (Fsp3) is 0.267. The second-order valence-electron chi connectivity index (χ2n) is 5.26. The van der Waals surface area contributed by atoms with E-state index in [2.05, 4.69) is 10.5 Å². The van der Waals surface area contributed by atoms with Gasteiger partial charge in [-0.15, -0.1) is 0 Å². The van der Waals surface area contributed by atoms with Crippen molar-refractivity contribution < 1.29 is 27.3 Å². The number of aromatic nitrogens is 1. The zero-order valence-electron chi connectivity index (χ0n) is 13.8. The molecule has 0 radical (unpaired) electrons. The van der Waals surface area contributed by atoms with Crippen LogP contribution < -0.4 is 5.32 Å². The van der Waals surface area contributed by atoms with Gasteiger partial charge in [-0.2, -0.15) is 0 Å². The molecule has 1 amide bonds. The predicted molar refractivity (Wildman–Crippen MR) is 87.5 cm³/mol. The van der Waals surface area contributed by atoms with Gasteiger partial charge in [0.05, 0.1) is 10.5 Å². The van der Waals surface area contributed by atoms with Crippen molar-refractivity contribution in [3.8, 4) is 0 Å². The Hall–Kier alpha value is -2.72. The van der Waals surface area contributed by atoms with E-state index < -0.39 is 28.5 Å². The molecule has 0 aliphatic rings. The molecule has 0 saturated heterocycles. The average Bonchev–Trinajstić information content (AvgIpc) is 2.97. The van der Waals surface area contributed by atoms with Gasteiger partial charge in [0.15, 0.2) is 12.4 Å². The molecular formula is C15H17N3O6S. The van der Waals surface area contributed by atoms with Crippen molar-refractivity contribution in [1.29, 1.82) is 0 Å². The highest BCUT2D eigenvalue weighted by Gasteiger charge is 2.19. The third kappa shape index (κ3) is 4.64. The standard InChI is InChI=1S/C15H17N3O6S/c1-10-7-13(17-24-10)16-14(19)9-23-15(20)11-5-4-6-12(8-11)25(21,22)18(2)3/h4-8H,9H2,1-3H3,(H,16,17,19). The number of hydrogen-bond donors (Lipinski definition) is 1. The Morgan fingerprint density at radius 2 is 2.00 bits per heavy atom. The molecule has 0 fully saturated rings. The quantitative estimate of drug-likeness (QED) is 0.757. The normalized spacial score (nSPS) is 11.4. The number of sulfonamides is 1. The van der Waals surface area contributed by atoms with Gasteiger partial charge >= 0.3 is 5.97 Å². The van der Waals surface area contributed by atoms with E-state index in [0.29, 0.717) is 5.76 Å². The largest absolute Gasteiger partial charge is 0.452 e. The minimum absolute atomic E-state index is 0.0213. The van der Waals surface area contributed by atoms with Crippen LogP contribution in [0.3, 0.4) is 0 Å². The molecule has 0 saturated carbocycles. The third-order valence-electron chi connectivity index (χ3n) is 3.08. The zero-order valence-corrected chi connectivity index (χ0v) is 14.7. The summed E-state index contributed by atoms with van der Waals surface area (Å²) in [6, 6.07) is 6.89. The van der Waals surface area contributed by atoms with Crippen molar-refractivity contribution in [2.45, 2.75) is 11.8 Å². The van der Waals surface area contributed by atoms with Gasteiger partial charge in [0.2, 0.25) is 10.0 Å². The highest BCUT2D eigenvalue weighted by Crippen LogP contribution is 2.15. The highest BCUT2D eigenvalue weighted by molar-refractivity contribution is 7.89. The van der Waals surface area contributed by atoms with Crippen LogP contribution in [0.1, 0.15) is 16.1 Å². The Labute approximate surface area is 144 Å². The molecule has 0 spiro atoms. The molecule has 9 nitrogen and oxygen atoms in total. The Bertz CT molecular complexity index is 888. The van der Waals surface area contributed by atoms with Gasteiger partial charge in [-0.3, -0.25) is 4.79 Å². The number of carbonyl (C=O) groups excluding carboxylic acids is 2. The van der Waals surface area contributed by atoms with Crippen LogP contribution in [0.2, 0.25) is 0 Å². The summed E-state index contributed by atoms with van der Waals surface area (Å²) < 4.78 is 34.8. The lowest BCUT2D eigenvalue weighted by Gasteiger charge is -2.12. The number of anilines is 1. The first-order chi connectivity index (χ1) is 11.7. The number of hydrogen-bond acceptors (Lipinski definition) is 7. The molecule has 1 heterocycles. The monoisotopic (exact) mass is 367 g/mol. The summed E-state index contributed by atoms with van der Waals surface area (Å²) in [5.41, 5.74) is 0.0213. The van der Waals surface area contributed by atoms with Crippen LogP contribution in [0.4, 0.5) is 5.82 Å². The number of aryl methyl sites for hydroxylation is 1. The number of nitrogens with one attached hydrogen (secondary N) is 1. The smallest absolute Gasteiger partial charge is 0.338 e. The summed E-state index contributed by atoms with van der Waals surface area (Å²) in [6.45, 7) is 1.12. The first kappa shape index (κ1) is 18.6. The lowest BCUT2D eigenvalue weighted by atomic mass is 10.2. The molecule has 0 atom stereocenters. The Morgan fingerprint density at radius 1 is 1.28 bits per heavy atom. The number of carbonyl (C=O) groups is 2. The molecule has 1 N–H and O–H groups in total. The van der Waals surface area contributed by atoms with E-state index in [9.17, 15) is 18.0 Å². The molecule has 2 aromatic rings. The zero-order chi connectivity index (χ0) is 18.6. The minimum Gasteiger partial charge on any atom is -0.452 e. The van der Waals surface area contributed by atoms with Crippen molar-refractivity contribution in [1.82, 2.24) is 9.46 Å². The molecule has 0 unspecified atom stereocenters. The summed E-state index contributed by atoms with van der Waals surface area (Å²) in [7, 11) is -0.905. The predicted octanol–water partition coefficient (Wildman–Crippen LogP) is 1.03. The lowest BCUT2D eigenvalue weighted by Crippen LogP contribution is -2.23. The number of ether oxygens (including phenoxy) is 1. The SMILES string of the molecule is Cc1cc(NC(=O)COC(=O)c2cccc(S(=O)(=O)N(C)C)c2)no1. The van der Waals surface area contributed by atoms with Crippen molar-refractivity contribution in [3.05, 3.63) is 41.7 Å². The van der Waals surface area contributed by atoms with Crippen molar-refractivity contribution in [2.24, 2.45) is 0 Å². The molecular weight excluding hydrogens is 350 g/mol. The van der Waals surface area contributed by atoms with Crippen LogP contribution >= 0.6 is 0 Å². The van der Waals surface area contributed by atoms with E-state index in [1.54, 1.807) is 6.92 Å². The molecule has 0 aliphatic heterocycles. The fourth-order valence-electron chi connectivity index (χ4n) is 1.81. The van der Waals surface area contributed by atoms with E-state index >= 15 is 0 Å². The number of benzene rings is 1. The molecule has 134 valence electrons. The maximum absolute atomic E-state index is 12.1. The van der Waals surface area contributed by atoms with E-state index in [0.717, 1.165) is 4.31 Å². The summed E-state index contributed by atoms with van der Waals surface area (Å²) in [5, 5.41) is 5.97. The summed E-state index contributed by atoms with van der Waals surface area (Å²) in [4.78, 5) is 23.7. The molecule has 10 heteroatoms. The van der Waals surface area contributed by atoms with Crippen LogP contribution in [0.5, 0.6) is 0 Å². The van der Waals surface area contributed by atoms with E-state index in [1.165, 1.54) is 44.4 Å². The molecule has 1 aromatic carbocycles. The number of esters is 1. The van der Waals surface area contributed by atoms with Crippen LogP contribution in [0, 0.1) is 6.92 Å². The van der Waals surface area contributed by atoms with Crippen LogP contribution in [-0.2, 0) is 19.6 Å². The summed E-state index contributed by atoms with van der Waals surface area (Å²) >= 11 is 0. The Balaban J connectivity index is 2.00. The van der Waals surface area contributed by atoms with Crippen LogP contribution in [-0.4, -0.2) is 50.5 Å². The van der Waals surface area contributed by atoms with Gasteiger partial charge in [0.25, 0.3) is 5.91 Å². The average molecular weight is 367 g/mol. The molecule has 1 aromatic heterocycles. The van der Waals surface area contributed by atoms with E-state index in [-0.39, 0.29) is 16.3 Å². The second-order valence-corrected chi connectivity index (χ2v) is 7.41. The van der Waals surface area contributed by atoms with Crippen molar-refractivity contribution in [2.75, 3.05) is 26.0 Å². The van der Waals surface area contributed by atoms with Gasteiger partial charge < -0.3 is 14.6 Å². The van der Waals surface area contributed by atoms with Gasteiger partial charge in [0, 0.05) is 20.2 Å². The topological polar surface area (TPSA) is 119 Å². The fourth-order valence-corrected chi connectivity index (χ4v) is 2.76. The molecule has 0 bridgehead atoms. The first-order valence-corrected chi connectivity index (χ1v) is 8.57. The minimum atomic E-state index is -3.67. The first-order valence-electron chi connectivity index (χ1n) is 7.13. The number of amides is 1. The van der Waals surface area contributed by atoms with Gasteiger partial charge in [-0.1, -0.05) is 11.2 Å². The van der Waals surface area contributed by atoms with Crippen LogP contribution in [0.25, 0.3) is 0 Å². The van der Waals surface area contributed by atoms with Crippen LogP contribution in [0.15, 0.2) is 39.8 Å².